The van der Waals surface area contributed by atoms with Gasteiger partial charge in [0.2, 0.25) is 0 Å². The minimum absolute atomic E-state index is 0.0753. The molecule has 0 saturated heterocycles. The van der Waals surface area contributed by atoms with E-state index in [-0.39, 0.29) is 12.2 Å². The van der Waals surface area contributed by atoms with E-state index in [0.717, 1.165) is 31.5 Å². The largest absolute Gasteiger partial charge is 0.382 e. The maximum absolute atomic E-state index is 12.2. The fourth-order valence-corrected chi connectivity index (χ4v) is 2.47. The zero-order chi connectivity index (χ0) is 12.3. The van der Waals surface area contributed by atoms with E-state index in [4.69, 9.17) is 0 Å². The van der Waals surface area contributed by atoms with Crippen LogP contribution in [0.5, 0.6) is 0 Å². The van der Waals surface area contributed by atoms with Crippen molar-refractivity contribution in [3.63, 3.8) is 0 Å². The first kappa shape index (κ1) is 12.3. The Hall–Kier alpha value is -1.16. The summed E-state index contributed by atoms with van der Waals surface area (Å²) in [4.78, 5) is 16.3. The zero-order valence-corrected chi connectivity index (χ0v) is 10.4. The Labute approximate surface area is 102 Å². The molecule has 17 heavy (non-hydrogen) atoms. The van der Waals surface area contributed by atoms with Crippen molar-refractivity contribution in [3.05, 3.63) is 18.2 Å². The van der Waals surface area contributed by atoms with Gasteiger partial charge in [0.1, 0.15) is 11.4 Å². The quantitative estimate of drug-likeness (QED) is 0.811. The van der Waals surface area contributed by atoms with Gasteiger partial charge in [-0.05, 0) is 12.8 Å². The molecule has 1 N–H and O–H groups in total. The summed E-state index contributed by atoms with van der Waals surface area (Å²) in [6.45, 7) is 0. The van der Waals surface area contributed by atoms with E-state index in [2.05, 4.69) is 4.98 Å². The molecule has 0 radical (unpaired) electrons. The van der Waals surface area contributed by atoms with E-state index >= 15 is 0 Å². The average Bonchev–Trinajstić information content (AvgIpc) is 2.57. The van der Waals surface area contributed by atoms with E-state index in [1.54, 1.807) is 6.20 Å². The molecule has 0 aliphatic heterocycles. The lowest BCUT2D eigenvalue weighted by Gasteiger charge is -2.24. The number of hydrogen-bond donors (Lipinski definition) is 1. The lowest BCUT2D eigenvalue weighted by atomic mass is 9.88. The predicted octanol–water partition coefficient (Wildman–Crippen LogP) is 1.62. The summed E-state index contributed by atoms with van der Waals surface area (Å²) < 4.78 is 1.83. The van der Waals surface area contributed by atoms with Gasteiger partial charge in [-0.15, -0.1) is 0 Å². The lowest BCUT2D eigenvalue weighted by molar-refractivity contribution is -0.138. The van der Waals surface area contributed by atoms with Crippen LogP contribution in [0.1, 0.15) is 44.3 Å². The first-order valence-electron chi connectivity index (χ1n) is 6.34. The number of aromatic nitrogens is 2. The number of carbonyl (C=O) groups excluding carboxylic acids is 1. The number of nitrogens with zero attached hydrogens (tertiary/aromatic N) is 2. The number of hydrogen-bond acceptors (Lipinski definition) is 3. The van der Waals surface area contributed by atoms with E-state index in [9.17, 15) is 9.90 Å². The molecule has 1 aromatic heterocycles. The minimum Gasteiger partial charge on any atom is -0.382 e. The number of Topliss-reactive ketones (excluding diaryl/α,β-unsaturated/α-hetero) is 1. The second kappa shape index (κ2) is 5.00. The number of aliphatic hydroxyl groups is 1. The fourth-order valence-electron chi connectivity index (χ4n) is 2.47. The van der Waals surface area contributed by atoms with Crippen molar-refractivity contribution in [2.45, 2.75) is 50.5 Å². The van der Waals surface area contributed by atoms with E-state index in [1.165, 1.54) is 0 Å². The molecule has 1 aliphatic carbocycles. The molecule has 0 aromatic carbocycles. The maximum atomic E-state index is 12.2. The summed E-state index contributed by atoms with van der Waals surface area (Å²) >= 11 is 0. The van der Waals surface area contributed by atoms with Crippen LogP contribution in [-0.4, -0.2) is 26.0 Å². The number of imidazole rings is 1. The van der Waals surface area contributed by atoms with Gasteiger partial charge in [-0.2, -0.15) is 0 Å². The predicted molar refractivity (Wildman–Crippen MR) is 64.6 cm³/mol. The van der Waals surface area contributed by atoms with Crippen LogP contribution in [0.25, 0.3) is 0 Å². The molecule has 0 unspecified atom stereocenters. The van der Waals surface area contributed by atoms with Crippen molar-refractivity contribution in [1.29, 1.82) is 0 Å². The van der Waals surface area contributed by atoms with Gasteiger partial charge < -0.3 is 9.67 Å². The van der Waals surface area contributed by atoms with Gasteiger partial charge in [0.15, 0.2) is 5.78 Å². The van der Waals surface area contributed by atoms with Gasteiger partial charge >= 0.3 is 0 Å². The molecular weight excluding hydrogens is 216 g/mol. The molecule has 0 bridgehead atoms. The van der Waals surface area contributed by atoms with Gasteiger partial charge in [-0.1, -0.05) is 25.7 Å². The van der Waals surface area contributed by atoms with Crippen LogP contribution in [0.2, 0.25) is 0 Å². The van der Waals surface area contributed by atoms with Crippen LogP contribution in [-0.2, 0) is 18.3 Å². The van der Waals surface area contributed by atoms with Gasteiger partial charge in [-0.25, -0.2) is 4.98 Å². The molecule has 1 aromatic rings. The van der Waals surface area contributed by atoms with Crippen LogP contribution in [0.15, 0.2) is 12.4 Å². The normalized spacial score (nSPS) is 19.9. The SMILES string of the molecule is Cn1ccnc1CC(=O)C1(O)CCCCCC1. The highest BCUT2D eigenvalue weighted by atomic mass is 16.3. The molecule has 1 fully saturated rings. The van der Waals surface area contributed by atoms with Crippen molar-refractivity contribution >= 4 is 5.78 Å². The maximum Gasteiger partial charge on any atom is 0.171 e. The Morgan fingerprint density at radius 3 is 2.59 bits per heavy atom. The standard InChI is InChI=1S/C13H20N2O2/c1-15-9-8-14-12(15)10-11(16)13(17)6-4-2-3-5-7-13/h8-9,17H,2-7,10H2,1H3. The second-order valence-electron chi connectivity index (χ2n) is 5.00. The van der Waals surface area contributed by atoms with Gasteiger partial charge in [0, 0.05) is 19.4 Å². The minimum atomic E-state index is -1.11. The van der Waals surface area contributed by atoms with Gasteiger partial charge in [0.25, 0.3) is 0 Å². The summed E-state index contributed by atoms with van der Waals surface area (Å²) in [6, 6.07) is 0. The summed E-state index contributed by atoms with van der Waals surface area (Å²) in [5.74, 6) is 0.654. The molecule has 0 amide bonds. The molecule has 2 rings (SSSR count). The van der Waals surface area contributed by atoms with Crippen molar-refractivity contribution < 1.29 is 9.90 Å². The highest BCUT2D eigenvalue weighted by molar-refractivity contribution is 5.88. The lowest BCUT2D eigenvalue weighted by Crippen LogP contribution is -2.39. The molecule has 94 valence electrons. The molecule has 1 saturated carbocycles. The number of ketones is 1. The van der Waals surface area contributed by atoms with Crippen molar-refractivity contribution in [2.75, 3.05) is 0 Å². The molecule has 0 spiro atoms. The number of aryl methyl sites for hydroxylation is 1. The monoisotopic (exact) mass is 236 g/mol. The zero-order valence-electron chi connectivity index (χ0n) is 10.4. The summed E-state index contributed by atoms with van der Waals surface area (Å²) in [6.07, 6.45) is 9.09. The molecule has 1 heterocycles. The molecule has 4 heteroatoms. The topological polar surface area (TPSA) is 55.1 Å². The van der Waals surface area contributed by atoms with Gasteiger partial charge in [0.05, 0.1) is 6.42 Å². The van der Waals surface area contributed by atoms with E-state index < -0.39 is 5.60 Å². The molecular formula is C13H20N2O2. The highest BCUT2D eigenvalue weighted by Crippen LogP contribution is 2.28. The summed E-state index contributed by atoms with van der Waals surface area (Å²) in [7, 11) is 1.87. The van der Waals surface area contributed by atoms with E-state index in [1.807, 2.05) is 17.8 Å². The first-order chi connectivity index (χ1) is 8.12. The highest BCUT2D eigenvalue weighted by Gasteiger charge is 2.35. The summed E-state index contributed by atoms with van der Waals surface area (Å²) in [5, 5.41) is 10.4. The number of rotatable bonds is 3. The third-order valence-corrected chi connectivity index (χ3v) is 3.69. The molecule has 4 nitrogen and oxygen atoms in total. The number of carbonyl (C=O) groups is 1. The molecule has 0 atom stereocenters. The Morgan fingerprint density at radius 1 is 1.41 bits per heavy atom. The van der Waals surface area contributed by atoms with Crippen LogP contribution in [0.4, 0.5) is 0 Å². The third-order valence-electron chi connectivity index (χ3n) is 3.69. The van der Waals surface area contributed by atoms with Crippen LogP contribution >= 0.6 is 0 Å². The Balaban J connectivity index is 2.05. The smallest absolute Gasteiger partial charge is 0.171 e. The van der Waals surface area contributed by atoms with Crippen LogP contribution < -0.4 is 0 Å². The molecule has 1 aliphatic rings. The van der Waals surface area contributed by atoms with Crippen LogP contribution in [0, 0.1) is 0 Å². The second-order valence-corrected chi connectivity index (χ2v) is 5.00. The van der Waals surface area contributed by atoms with Crippen molar-refractivity contribution in [1.82, 2.24) is 9.55 Å². The Kier molecular flexibility index (Phi) is 3.62. The van der Waals surface area contributed by atoms with Crippen molar-refractivity contribution in [2.24, 2.45) is 7.05 Å². The van der Waals surface area contributed by atoms with Gasteiger partial charge in [-0.3, -0.25) is 4.79 Å². The van der Waals surface area contributed by atoms with E-state index in [0.29, 0.717) is 12.8 Å². The van der Waals surface area contributed by atoms with Crippen LogP contribution in [0.3, 0.4) is 0 Å². The summed E-state index contributed by atoms with van der Waals surface area (Å²) in [5.41, 5.74) is -1.11. The fraction of sp³-hybridized carbons (Fsp3) is 0.692. The third kappa shape index (κ3) is 2.75. The Bertz CT molecular complexity index is 390. The Morgan fingerprint density at radius 2 is 2.06 bits per heavy atom. The first-order valence-corrected chi connectivity index (χ1v) is 6.34. The van der Waals surface area contributed by atoms with Crippen molar-refractivity contribution in [3.8, 4) is 0 Å². The average molecular weight is 236 g/mol.